The van der Waals surface area contributed by atoms with E-state index in [0.717, 1.165) is 29.9 Å². The van der Waals surface area contributed by atoms with Gasteiger partial charge in [-0.05, 0) is 49.7 Å². The number of benzene rings is 2. The molecule has 1 aromatic heterocycles. The summed E-state index contributed by atoms with van der Waals surface area (Å²) in [7, 11) is 0. The Balaban J connectivity index is 1.49. The van der Waals surface area contributed by atoms with Gasteiger partial charge in [0.1, 0.15) is 11.1 Å². The molecule has 2 heterocycles. The van der Waals surface area contributed by atoms with Crippen LogP contribution in [0.4, 0.5) is 5.69 Å². The van der Waals surface area contributed by atoms with Gasteiger partial charge in [0, 0.05) is 5.02 Å². The van der Waals surface area contributed by atoms with Gasteiger partial charge in [-0.25, -0.2) is 4.98 Å². The molecule has 27 heavy (non-hydrogen) atoms. The fourth-order valence-corrected chi connectivity index (χ4v) is 4.73. The van der Waals surface area contributed by atoms with Crippen LogP contribution in [-0.2, 0) is 4.79 Å². The van der Waals surface area contributed by atoms with Gasteiger partial charge in [0.05, 0.1) is 34.1 Å². The quantitative estimate of drug-likeness (QED) is 0.699. The van der Waals surface area contributed by atoms with E-state index in [1.807, 2.05) is 18.2 Å². The van der Waals surface area contributed by atoms with E-state index in [-0.39, 0.29) is 18.5 Å². The minimum absolute atomic E-state index is 0.151. The first-order valence-corrected chi connectivity index (χ1v) is 9.92. The number of thiazole rings is 1. The van der Waals surface area contributed by atoms with Crippen LogP contribution in [0.25, 0.3) is 10.2 Å². The molecule has 7 heteroatoms. The summed E-state index contributed by atoms with van der Waals surface area (Å²) in [6.07, 6.45) is 2.03. The lowest BCUT2D eigenvalue weighted by atomic mass is 10.2. The number of likely N-dealkylation sites (tertiary alicyclic amines) is 1. The van der Waals surface area contributed by atoms with E-state index in [1.54, 1.807) is 29.5 Å². The molecule has 1 aliphatic rings. The largest absolute Gasteiger partial charge is 0.324 e. The molecule has 0 saturated carbocycles. The van der Waals surface area contributed by atoms with Crippen LogP contribution in [-0.4, -0.2) is 28.9 Å². The normalized spacial score (nSPS) is 17.1. The van der Waals surface area contributed by atoms with E-state index < -0.39 is 0 Å². The van der Waals surface area contributed by atoms with Crippen LogP contribution in [0.5, 0.6) is 0 Å². The Morgan fingerprint density at radius 3 is 3.04 bits per heavy atom. The molecule has 0 spiro atoms. The zero-order valence-electron chi connectivity index (χ0n) is 14.5. The number of aromatic nitrogens is 1. The number of hydrogen-bond donors (Lipinski definition) is 1. The van der Waals surface area contributed by atoms with Crippen molar-refractivity contribution >= 4 is 44.7 Å². The molecule has 1 fully saturated rings. The molecule has 1 saturated heterocycles. The second-order valence-electron chi connectivity index (χ2n) is 6.50. The average molecular weight is 397 g/mol. The van der Waals surface area contributed by atoms with Crippen LogP contribution in [0.2, 0.25) is 5.02 Å². The molecular weight excluding hydrogens is 380 g/mol. The first-order valence-electron chi connectivity index (χ1n) is 8.73. The number of rotatable bonds is 4. The van der Waals surface area contributed by atoms with Crippen molar-refractivity contribution in [2.75, 3.05) is 18.4 Å². The zero-order valence-corrected chi connectivity index (χ0v) is 16.1. The number of amides is 1. The Labute approximate surface area is 166 Å². The van der Waals surface area contributed by atoms with E-state index in [4.69, 9.17) is 16.6 Å². The maximum atomic E-state index is 12.6. The first-order chi connectivity index (χ1) is 13.1. The van der Waals surface area contributed by atoms with Crippen molar-refractivity contribution in [1.82, 2.24) is 9.88 Å². The van der Waals surface area contributed by atoms with Crippen molar-refractivity contribution in [3.05, 3.63) is 58.1 Å². The maximum Gasteiger partial charge on any atom is 0.238 e. The van der Waals surface area contributed by atoms with Crippen LogP contribution in [0.15, 0.2) is 42.5 Å². The number of carbonyl (C=O) groups is 1. The summed E-state index contributed by atoms with van der Waals surface area (Å²) in [5.74, 6) is -0.151. The molecule has 0 aliphatic carbocycles. The van der Waals surface area contributed by atoms with E-state index in [1.165, 1.54) is 4.70 Å². The Hall–Kier alpha value is -2.46. The highest BCUT2D eigenvalue weighted by molar-refractivity contribution is 7.18. The first kappa shape index (κ1) is 17.9. The van der Waals surface area contributed by atoms with Crippen molar-refractivity contribution in [2.45, 2.75) is 18.9 Å². The van der Waals surface area contributed by atoms with E-state index >= 15 is 0 Å². The molecule has 4 rings (SSSR count). The number of halogens is 1. The third kappa shape index (κ3) is 3.81. The summed E-state index contributed by atoms with van der Waals surface area (Å²) in [5, 5.41) is 13.6. The molecule has 0 radical (unpaired) electrons. The number of nitrogens with zero attached hydrogens (tertiary/aromatic N) is 3. The standard InChI is InChI=1S/C20H17ClN4OS/c21-14-8-7-13(11-22)16(10-14)23-19(26)12-25-9-3-5-17(25)20-24-15-4-1-2-6-18(15)27-20/h1-2,4,6-8,10,17H,3,5,9,12H2,(H,23,26)/t17-/m0/s1. The molecule has 136 valence electrons. The second-order valence-corrected chi connectivity index (χ2v) is 8.00. The SMILES string of the molecule is N#Cc1ccc(Cl)cc1NC(=O)CN1CCC[C@H]1c1nc2ccccc2s1. The van der Waals surface area contributed by atoms with Gasteiger partial charge in [-0.15, -0.1) is 11.3 Å². The summed E-state index contributed by atoms with van der Waals surface area (Å²) >= 11 is 7.68. The van der Waals surface area contributed by atoms with Crippen LogP contribution in [0.3, 0.4) is 0 Å². The van der Waals surface area contributed by atoms with Crippen LogP contribution < -0.4 is 5.32 Å². The molecule has 3 aromatic rings. The molecule has 1 N–H and O–H groups in total. The summed E-state index contributed by atoms with van der Waals surface area (Å²) in [6, 6.07) is 15.2. The van der Waals surface area contributed by atoms with Crippen LogP contribution >= 0.6 is 22.9 Å². The molecule has 0 bridgehead atoms. The highest BCUT2D eigenvalue weighted by Crippen LogP contribution is 2.36. The molecule has 0 unspecified atom stereocenters. The number of nitriles is 1. The van der Waals surface area contributed by atoms with Crippen LogP contribution in [0.1, 0.15) is 29.5 Å². The Morgan fingerprint density at radius 2 is 2.22 bits per heavy atom. The van der Waals surface area contributed by atoms with Gasteiger partial charge in [0.2, 0.25) is 5.91 Å². The maximum absolute atomic E-state index is 12.6. The lowest BCUT2D eigenvalue weighted by Gasteiger charge is -2.22. The highest BCUT2D eigenvalue weighted by atomic mass is 35.5. The Morgan fingerprint density at radius 1 is 1.37 bits per heavy atom. The highest BCUT2D eigenvalue weighted by Gasteiger charge is 2.30. The number of para-hydroxylation sites is 1. The minimum atomic E-state index is -0.151. The summed E-state index contributed by atoms with van der Waals surface area (Å²) < 4.78 is 1.17. The van der Waals surface area contributed by atoms with Crippen molar-refractivity contribution < 1.29 is 4.79 Å². The monoisotopic (exact) mass is 396 g/mol. The smallest absolute Gasteiger partial charge is 0.238 e. The number of nitrogens with one attached hydrogen (secondary N) is 1. The van der Waals surface area contributed by atoms with Gasteiger partial charge in [-0.1, -0.05) is 23.7 Å². The van der Waals surface area contributed by atoms with E-state index in [2.05, 4.69) is 22.4 Å². The molecule has 1 atom stereocenters. The predicted octanol–water partition coefficient (Wildman–Crippen LogP) is 4.60. The second kappa shape index (κ2) is 7.65. The lowest BCUT2D eigenvalue weighted by Crippen LogP contribution is -2.33. The number of anilines is 1. The number of hydrogen-bond acceptors (Lipinski definition) is 5. The Bertz CT molecular complexity index is 1010. The van der Waals surface area contributed by atoms with Gasteiger partial charge in [0.25, 0.3) is 0 Å². The fourth-order valence-electron chi connectivity index (χ4n) is 3.42. The van der Waals surface area contributed by atoms with Gasteiger partial charge in [-0.3, -0.25) is 9.69 Å². The zero-order chi connectivity index (χ0) is 18.8. The summed E-state index contributed by atoms with van der Waals surface area (Å²) in [5.41, 5.74) is 1.86. The third-order valence-corrected chi connectivity index (χ3v) is 6.05. The summed E-state index contributed by atoms with van der Waals surface area (Å²) in [6.45, 7) is 1.12. The van der Waals surface area contributed by atoms with Crippen molar-refractivity contribution in [3.8, 4) is 6.07 Å². The van der Waals surface area contributed by atoms with Crippen molar-refractivity contribution in [1.29, 1.82) is 5.26 Å². The third-order valence-electron chi connectivity index (χ3n) is 4.68. The van der Waals surface area contributed by atoms with Crippen molar-refractivity contribution in [3.63, 3.8) is 0 Å². The van der Waals surface area contributed by atoms with Crippen LogP contribution in [0, 0.1) is 11.3 Å². The fraction of sp³-hybridized carbons (Fsp3) is 0.250. The lowest BCUT2D eigenvalue weighted by molar-refractivity contribution is -0.117. The van der Waals surface area contributed by atoms with Gasteiger partial charge in [0.15, 0.2) is 0 Å². The Kier molecular flexibility index (Phi) is 5.08. The van der Waals surface area contributed by atoms with Crippen molar-refractivity contribution in [2.24, 2.45) is 0 Å². The topological polar surface area (TPSA) is 69.0 Å². The predicted molar refractivity (Wildman–Crippen MR) is 108 cm³/mol. The number of carbonyl (C=O) groups excluding carboxylic acids is 1. The molecule has 1 amide bonds. The van der Waals surface area contributed by atoms with Gasteiger partial charge in [-0.2, -0.15) is 5.26 Å². The summed E-state index contributed by atoms with van der Waals surface area (Å²) in [4.78, 5) is 19.5. The average Bonchev–Trinajstić information content (AvgIpc) is 3.28. The van der Waals surface area contributed by atoms with Gasteiger partial charge < -0.3 is 5.32 Å². The van der Waals surface area contributed by atoms with E-state index in [9.17, 15) is 10.1 Å². The van der Waals surface area contributed by atoms with Gasteiger partial charge >= 0.3 is 0 Å². The minimum Gasteiger partial charge on any atom is -0.324 e. The molecule has 2 aromatic carbocycles. The molecule has 5 nitrogen and oxygen atoms in total. The molecular formula is C20H17ClN4OS. The van der Waals surface area contributed by atoms with E-state index in [0.29, 0.717) is 16.3 Å². The number of fused-ring (bicyclic) bond motifs is 1. The molecule has 1 aliphatic heterocycles.